The van der Waals surface area contributed by atoms with Crippen molar-refractivity contribution in [2.24, 2.45) is 0 Å². The number of anilines is 1. The highest BCUT2D eigenvalue weighted by atomic mass is 35.5. The Balaban J connectivity index is 2.28. The summed E-state index contributed by atoms with van der Waals surface area (Å²) in [6.07, 6.45) is 2.45. The van der Waals surface area contributed by atoms with E-state index in [0.29, 0.717) is 0 Å². The number of rotatable bonds is 2. The standard InChI is InChI=1S/C10H12ClNOS/c1-7(13)9-6-8(11)10(14-9)12-4-2-3-5-12/h6H,2-5H2,1H3. The number of carbonyl (C=O) groups is 1. The van der Waals surface area contributed by atoms with Crippen molar-refractivity contribution in [3.05, 3.63) is 16.0 Å². The number of halogens is 1. The second-order valence-electron chi connectivity index (χ2n) is 3.51. The summed E-state index contributed by atoms with van der Waals surface area (Å²) in [5.41, 5.74) is 0. The van der Waals surface area contributed by atoms with Gasteiger partial charge < -0.3 is 4.90 Å². The highest BCUT2D eigenvalue weighted by Crippen LogP contribution is 2.37. The van der Waals surface area contributed by atoms with Crippen LogP contribution in [-0.2, 0) is 0 Å². The second-order valence-corrected chi connectivity index (χ2v) is 4.95. The molecule has 0 bridgehead atoms. The molecule has 76 valence electrons. The van der Waals surface area contributed by atoms with Gasteiger partial charge in [-0.25, -0.2) is 0 Å². The fourth-order valence-electron chi connectivity index (χ4n) is 1.67. The molecular formula is C10H12ClNOS. The van der Waals surface area contributed by atoms with Gasteiger partial charge in [0.05, 0.1) is 9.90 Å². The molecule has 1 fully saturated rings. The van der Waals surface area contributed by atoms with E-state index in [1.165, 1.54) is 24.2 Å². The van der Waals surface area contributed by atoms with Crippen LogP contribution in [0.3, 0.4) is 0 Å². The Morgan fingerprint density at radius 1 is 1.50 bits per heavy atom. The Kier molecular flexibility index (Phi) is 2.79. The highest BCUT2D eigenvalue weighted by molar-refractivity contribution is 7.18. The molecule has 2 nitrogen and oxygen atoms in total. The summed E-state index contributed by atoms with van der Waals surface area (Å²) in [7, 11) is 0. The van der Waals surface area contributed by atoms with Gasteiger partial charge in [-0.05, 0) is 25.8 Å². The Hall–Kier alpha value is -0.540. The predicted octanol–water partition coefficient (Wildman–Crippen LogP) is 3.20. The minimum Gasteiger partial charge on any atom is -0.362 e. The van der Waals surface area contributed by atoms with Gasteiger partial charge in [0.25, 0.3) is 0 Å². The van der Waals surface area contributed by atoms with E-state index in [1.807, 2.05) is 0 Å². The van der Waals surface area contributed by atoms with Gasteiger partial charge in [0.2, 0.25) is 0 Å². The molecule has 4 heteroatoms. The molecule has 0 unspecified atom stereocenters. The van der Waals surface area contributed by atoms with Gasteiger partial charge in [0.1, 0.15) is 5.00 Å². The molecule has 0 N–H and O–H groups in total. The number of hydrogen-bond donors (Lipinski definition) is 0. The van der Waals surface area contributed by atoms with E-state index >= 15 is 0 Å². The summed E-state index contributed by atoms with van der Waals surface area (Å²) in [6, 6.07) is 1.78. The summed E-state index contributed by atoms with van der Waals surface area (Å²) in [5, 5.41) is 1.79. The van der Waals surface area contributed by atoms with Crippen LogP contribution in [0.4, 0.5) is 5.00 Å². The summed E-state index contributed by atoms with van der Waals surface area (Å²) in [6.45, 7) is 3.71. The monoisotopic (exact) mass is 229 g/mol. The normalized spacial score (nSPS) is 16.3. The minimum atomic E-state index is 0.0994. The fourth-order valence-corrected chi connectivity index (χ4v) is 3.07. The zero-order valence-electron chi connectivity index (χ0n) is 8.05. The van der Waals surface area contributed by atoms with Crippen LogP contribution in [0.1, 0.15) is 29.4 Å². The van der Waals surface area contributed by atoms with Crippen LogP contribution in [0.15, 0.2) is 6.07 Å². The molecule has 0 atom stereocenters. The third-order valence-corrected chi connectivity index (χ3v) is 4.11. The number of carbonyl (C=O) groups excluding carboxylic acids is 1. The molecule has 0 radical (unpaired) electrons. The molecule has 0 aliphatic carbocycles. The van der Waals surface area contributed by atoms with E-state index in [-0.39, 0.29) is 5.78 Å². The lowest BCUT2D eigenvalue weighted by atomic mass is 10.3. The lowest BCUT2D eigenvalue weighted by molar-refractivity contribution is 0.102. The molecule has 2 heterocycles. The zero-order valence-corrected chi connectivity index (χ0v) is 9.62. The molecule has 14 heavy (non-hydrogen) atoms. The van der Waals surface area contributed by atoms with E-state index in [2.05, 4.69) is 4.90 Å². The van der Waals surface area contributed by atoms with E-state index < -0.39 is 0 Å². The van der Waals surface area contributed by atoms with Crippen LogP contribution >= 0.6 is 22.9 Å². The van der Waals surface area contributed by atoms with Crippen LogP contribution in [-0.4, -0.2) is 18.9 Å². The van der Waals surface area contributed by atoms with E-state index in [1.54, 1.807) is 13.0 Å². The van der Waals surface area contributed by atoms with Crippen molar-refractivity contribution in [3.8, 4) is 0 Å². The number of Topliss-reactive ketones (excluding diaryl/α,β-unsaturated/α-hetero) is 1. The van der Waals surface area contributed by atoms with Gasteiger partial charge in [0.15, 0.2) is 5.78 Å². The Morgan fingerprint density at radius 3 is 2.64 bits per heavy atom. The molecule has 0 amide bonds. The van der Waals surface area contributed by atoms with Gasteiger partial charge in [0, 0.05) is 13.1 Å². The smallest absolute Gasteiger partial charge is 0.169 e. The first kappa shape index (κ1) is 9.99. The van der Waals surface area contributed by atoms with Crippen molar-refractivity contribution in [2.75, 3.05) is 18.0 Å². The maximum atomic E-state index is 11.2. The first-order valence-corrected chi connectivity index (χ1v) is 5.93. The Morgan fingerprint density at radius 2 is 2.14 bits per heavy atom. The van der Waals surface area contributed by atoms with Crippen molar-refractivity contribution in [3.63, 3.8) is 0 Å². The molecule has 0 aromatic carbocycles. The molecule has 0 saturated carbocycles. The minimum absolute atomic E-state index is 0.0994. The summed E-state index contributed by atoms with van der Waals surface area (Å²) in [5.74, 6) is 0.0994. The van der Waals surface area contributed by atoms with E-state index in [0.717, 1.165) is 28.0 Å². The molecular weight excluding hydrogens is 218 g/mol. The topological polar surface area (TPSA) is 20.3 Å². The SMILES string of the molecule is CC(=O)c1cc(Cl)c(N2CCCC2)s1. The predicted molar refractivity (Wildman–Crippen MR) is 60.8 cm³/mol. The lowest BCUT2D eigenvalue weighted by Gasteiger charge is -2.14. The van der Waals surface area contributed by atoms with Crippen molar-refractivity contribution in [1.82, 2.24) is 0 Å². The number of hydrogen-bond acceptors (Lipinski definition) is 3. The molecule has 1 aliphatic rings. The first-order chi connectivity index (χ1) is 6.68. The van der Waals surface area contributed by atoms with Crippen molar-refractivity contribution in [2.45, 2.75) is 19.8 Å². The molecule has 1 saturated heterocycles. The molecule has 1 aliphatic heterocycles. The van der Waals surface area contributed by atoms with Gasteiger partial charge >= 0.3 is 0 Å². The summed E-state index contributed by atoms with van der Waals surface area (Å²) < 4.78 is 0. The van der Waals surface area contributed by atoms with Crippen molar-refractivity contribution in [1.29, 1.82) is 0 Å². The van der Waals surface area contributed by atoms with E-state index in [9.17, 15) is 4.79 Å². The number of thiophene rings is 1. The van der Waals surface area contributed by atoms with Crippen molar-refractivity contribution < 1.29 is 4.79 Å². The van der Waals surface area contributed by atoms with Gasteiger partial charge in [-0.1, -0.05) is 11.6 Å². The molecule has 0 spiro atoms. The third-order valence-electron chi connectivity index (χ3n) is 2.41. The zero-order chi connectivity index (χ0) is 10.1. The van der Waals surface area contributed by atoms with Gasteiger partial charge in [-0.15, -0.1) is 11.3 Å². The summed E-state index contributed by atoms with van der Waals surface area (Å²) in [4.78, 5) is 14.2. The van der Waals surface area contributed by atoms with Crippen molar-refractivity contribution >= 4 is 33.7 Å². The average Bonchev–Trinajstić information content (AvgIpc) is 2.71. The van der Waals surface area contributed by atoms with Gasteiger partial charge in [-0.3, -0.25) is 4.79 Å². The average molecular weight is 230 g/mol. The Bertz CT molecular complexity index is 355. The lowest BCUT2D eigenvalue weighted by Crippen LogP contribution is -2.16. The second kappa shape index (κ2) is 3.91. The molecule has 2 rings (SSSR count). The Labute approximate surface area is 92.5 Å². The molecule has 1 aromatic heterocycles. The first-order valence-electron chi connectivity index (χ1n) is 4.73. The summed E-state index contributed by atoms with van der Waals surface area (Å²) >= 11 is 7.59. The van der Waals surface area contributed by atoms with Gasteiger partial charge in [-0.2, -0.15) is 0 Å². The maximum Gasteiger partial charge on any atom is 0.169 e. The van der Waals surface area contributed by atoms with E-state index in [4.69, 9.17) is 11.6 Å². The number of ketones is 1. The van der Waals surface area contributed by atoms with Crippen LogP contribution in [0, 0.1) is 0 Å². The van der Waals surface area contributed by atoms with Crippen LogP contribution in [0.25, 0.3) is 0 Å². The van der Waals surface area contributed by atoms with Crippen LogP contribution in [0.2, 0.25) is 5.02 Å². The van der Waals surface area contributed by atoms with Crippen LogP contribution in [0.5, 0.6) is 0 Å². The largest absolute Gasteiger partial charge is 0.362 e. The van der Waals surface area contributed by atoms with Crippen LogP contribution < -0.4 is 4.90 Å². The maximum absolute atomic E-state index is 11.2. The fraction of sp³-hybridized carbons (Fsp3) is 0.500. The number of nitrogens with zero attached hydrogens (tertiary/aromatic N) is 1. The highest BCUT2D eigenvalue weighted by Gasteiger charge is 2.19. The molecule has 1 aromatic rings. The quantitative estimate of drug-likeness (QED) is 0.726. The third kappa shape index (κ3) is 1.79.